The van der Waals surface area contributed by atoms with Crippen molar-refractivity contribution in [1.29, 1.82) is 0 Å². The molecule has 1 fully saturated rings. The van der Waals surface area contributed by atoms with Crippen LogP contribution in [0.3, 0.4) is 0 Å². The molecular formula is C17H23N3S. The van der Waals surface area contributed by atoms with E-state index in [1.54, 1.807) is 11.3 Å². The molecule has 3 nitrogen and oxygen atoms in total. The number of hydrogen-bond donors (Lipinski definition) is 1. The van der Waals surface area contributed by atoms with E-state index in [2.05, 4.69) is 57.8 Å². The number of nitrogens with zero attached hydrogens (tertiary/aromatic N) is 2. The molecule has 0 saturated carbocycles. The smallest absolute Gasteiger partial charge is 0.107 e. The molecule has 3 rings (SSSR count). The van der Waals surface area contributed by atoms with E-state index in [9.17, 15) is 0 Å². The summed E-state index contributed by atoms with van der Waals surface area (Å²) in [6, 6.07) is 11.9. The maximum absolute atomic E-state index is 4.44. The fourth-order valence-electron chi connectivity index (χ4n) is 2.97. The summed E-state index contributed by atoms with van der Waals surface area (Å²) in [6.45, 7) is 5.51. The minimum absolute atomic E-state index is 0.525. The Balaban J connectivity index is 1.65. The maximum atomic E-state index is 4.44. The monoisotopic (exact) mass is 301 g/mol. The van der Waals surface area contributed by atoms with Gasteiger partial charge in [0.2, 0.25) is 0 Å². The summed E-state index contributed by atoms with van der Waals surface area (Å²) in [5.74, 6) is 0. The molecule has 0 amide bonds. The third-order valence-electron chi connectivity index (χ3n) is 4.22. The summed E-state index contributed by atoms with van der Waals surface area (Å²) < 4.78 is 0. The van der Waals surface area contributed by atoms with E-state index < -0.39 is 0 Å². The van der Waals surface area contributed by atoms with E-state index >= 15 is 0 Å². The molecular weight excluding hydrogens is 278 g/mol. The van der Waals surface area contributed by atoms with Crippen LogP contribution in [0.4, 0.5) is 0 Å². The van der Waals surface area contributed by atoms with Gasteiger partial charge in [-0.25, -0.2) is 4.98 Å². The van der Waals surface area contributed by atoms with Crippen LogP contribution in [-0.4, -0.2) is 35.1 Å². The van der Waals surface area contributed by atoms with Gasteiger partial charge in [0.15, 0.2) is 0 Å². The van der Waals surface area contributed by atoms with Gasteiger partial charge in [-0.1, -0.05) is 30.3 Å². The van der Waals surface area contributed by atoms with Crippen LogP contribution in [0.2, 0.25) is 0 Å². The fourth-order valence-corrected chi connectivity index (χ4v) is 3.61. The topological polar surface area (TPSA) is 28.2 Å². The Morgan fingerprint density at radius 1 is 1.33 bits per heavy atom. The van der Waals surface area contributed by atoms with Crippen LogP contribution in [0.15, 0.2) is 41.9 Å². The van der Waals surface area contributed by atoms with Crippen molar-refractivity contribution in [2.45, 2.75) is 38.4 Å². The summed E-state index contributed by atoms with van der Waals surface area (Å²) in [5.41, 5.74) is 1.42. The lowest BCUT2D eigenvalue weighted by Gasteiger charge is -2.28. The highest BCUT2D eigenvalue weighted by atomic mass is 32.1. The number of benzene rings is 1. The van der Waals surface area contributed by atoms with Gasteiger partial charge >= 0.3 is 0 Å². The Bertz CT molecular complexity index is 526. The molecule has 4 heteroatoms. The van der Waals surface area contributed by atoms with Gasteiger partial charge < -0.3 is 5.32 Å². The van der Waals surface area contributed by atoms with E-state index in [0.717, 1.165) is 26.1 Å². The van der Waals surface area contributed by atoms with Crippen molar-refractivity contribution < 1.29 is 0 Å². The van der Waals surface area contributed by atoms with Gasteiger partial charge in [-0.15, -0.1) is 11.3 Å². The molecule has 112 valence electrons. The van der Waals surface area contributed by atoms with Crippen molar-refractivity contribution in [3.05, 3.63) is 52.5 Å². The van der Waals surface area contributed by atoms with E-state index in [1.165, 1.54) is 17.0 Å². The third kappa shape index (κ3) is 4.13. The molecule has 2 heterocycles. The molecule has 0 spiro atoms. The fraction of sp³-hybridized carbons (Fsp3) is 0.471. The Morgan fingerprint density at radius 3 is 2.95 bits per heavy atom. The first-order valence-corrected chi connectivity index (χ1v) is 8.59. The van der Waals surface area contributed by atoms with Crippen molar-refractivity contribution >= 4 is 11.3 Å². The second-order valence-corrected chi connectivity index (χ2v) is 6.81. The largest absolute Gasteiger partial charge is 0.312 e. The minimum Gasteiger partial charge on any atom is -0.312 e. The van der Waals surface area contributed by atoms with Crippen LogP contribution in [0.1, 0.15) is 23.9 Å². The number of aromatic nitrogens is 1. The van der Waals surface area contributed by atoms with E-state index in [-0.39, 0.29) is 0 Å². The zero-order valence-electron chi connectivity index (χ0n) is 12.5. The lowest BCUT2D eigenvalue weighted by Crippen LogP contribution is -2.40. The normalized spacial score (nSPS) is 23.9. The summed E-state index contributed by atoms with van der Waals surface area (Å²) in [5, 5.41) is 7.00. The number of thiazole rings is 1. The molecule has 2 aromatic rings. The maximum Gasteiger partial charge on any atom is 0.107 e. The predicted molar refractivity (Wildman–Crippen MR) is 88.5 cm³/mol. The van der Waals surface area contributed by atoms with Crippen LogP contribution in [0, 0.1) is 0 Å². The summed E-state index contributed by atoms with van der Waals surface area (Å²) >= 11 is 1.76. The standard InChI is InChI=1S/C17H23N3S/c1-14-7-8-18-16(11-15-5-3-2-4-6-15)12-20(14)13-17-19-9-10-21-17/h2-6,9-10,14,16,18H,7-8,11-13H2,1H3. The number of hydrogen-bond acceptors (Lipinski definition) is 4. The van der Waals surface area contributed by atoms with Gasteiger partial charge in [-0.05, 0) is 31.9 Å². The molecule has 2 unspecified atom stereocenters. The summed E-state index contributed by atoms with van der Waals surface area (Å²) in [7, 11) is 0. The first-order valence-electron chi connectivity index (χ1n) is 7.71. The van der Waals surface area contributed by atoms with Crippen molar-refractivity contribution in [1.82, 2.24) is 15.2 Å². The molecule has 1 aromatic heterocycles. The van der Waals surface area contributed by atoms with Gasteiger partial charge in [0, 0.05) is 30.2 Å². The summed E-state index contributed by atoms with van der Waals surface area (Å²) in [6.07, 6.45) is 4.21. The van der Waals surface area contributed by atoms with Gasteiger partial charge in [-0.3, -0.25) is 4.90 Å². The Hall–Kier alpha value is -1.23. The average molecular weight is 301 g/mol. The van der Waals surface area contributed by atoms with Crippen LogP contribution in [-0.2, 0) is 13.0 Å². The molecule has 1 aliphatic heterocycles. The lowest BCUT2D eigenvalue weighted by atomic mass is 10.1. The van der Waals surface area contributed by atoms with Gasteiger partial charge in [-0.2, -0.15) is 0 Å². The zero-order chi connectivity index (χ0) is 14.5. The molecule has 1 N–H and O–H groups in total. The molecule has 1 saturated heterocycles. The molecule has 0 bridgehead atoms. The molecule has 1 aliphatic rings. The van der Waals surface area contributed by atoms with Crippen LogP contribution in [0.5, 0.6) is 0 Å². The minimum atomic E-state index is 0.525. The number of rotatable bonds is 4. The molecule has 0 aliphatic carbocycles. The Morgan fingerprint density at radius 2 is 2.19 bits per heavy atom. The highest BCUT2D eigenvalue weighted by Crippen LogP contribution is 2.17. The lowest BCUT2D eigenvalue weighted by molar-refractivity contribution is 0.195. The van der Waals surface area contributed by atoms with Crippen molar-refractivity contribution in [2.24, 2.45) is 0 Å². The number of nitrogens with one attached hydrogen (secondary N) is 1. The molecule has 2 atom stereocenters. The van der Waals surface area contributed by atoms with E-state index in [4.69, 9.17) is 0 Å². The summed E-state index contributed by atoms with van der Waals surface area (Å²) in [4.78, 5) is 7.02. The van der Waals surface area contributed by atoms with Crippen molar-refractivity contribution in [2.75, 3.05) is 13.1 Å². The highest BCUT2D eigenvalue weighted by molar-refractivity contribution is 7.09. The average Bonchev–Trinajstić information content (AvgIpc) is 2.94. The van der Waals surface area contributed by atoms with Crippen LogP contribution >= 0.6 is 11.3 Å². The van der Waals surface area contributed by atoms with Crippen LogP contribution in [0.25, 0.3) is 0 Å². The molecule has 1 aromatic carbocycles. The van der Waals surface area contributed by atoms with Crippen LogP contribution < -0.4 is 5.32 Å². The first kappa shape index (κ1) is 14.7. The van der Waals surface area contributed by atoms with Gasteiger partial charge in [0.05, 0.1) is 6.54 Å². The van der Waals surface area contributed by atoms with E-state index in [0.29, 0.717) is 12.1 Å². The second-order valence-electron chi connectivity index (χ2n) is 5.83. The van der Waals surface area contributed by atoms with E-state index in [1.807, 2.05) is 6.20 Å². The predicted octanol–water partition coefficient (Wildman–Crippen LogP) is 2.94. The van der Waals surface area contributed by atoms with Gasteiger partial charge in [0.25, 0.3) is 0 Å². The van der Waals surface area contributed by atoms with Gasteiger partial charge in [0.1, 0.15) is 5.01 Å². The zero-order valence-corrected chi connectivity index (χ0v) is 13.4. The first-order chi connectivity index (χ1) is 10.3. The molecule has 21 heavy (non-hydrogen) atoms. The Kier molecular flexibility index (Phi) is 5.01. The Labute approximate surface area is 131 Å². The second kappa shape index (κ2) is 7.16. The highest BCUT2D eigenvalue weighted by Gasteiger charge is 2.23. The quantitative estimate of drug-likeness (QED) is 0.941. The SMILES string of the molecule is CC1CCNC(Cc2ccccc2)CN1Cc1nccs1. The van der Waals surface area contributed by atoms with Crippen molar-refractivity contribution in [3.63, 3.8) is 0 Å². The van der Waals surface area contributed by atoms with Crippen molar-refractivity contribution in [3.8, 4) is 0 Å². The third-order valence-corrected chi connectivity index (χ3v) is 4.98. The molecule has 0 radical (unpaired) electrons.